The first-order valence-electron chi connectivity index (χ1n) is 5.01. The molecule has 15 heavy (non-hydrogen) atoms. The number of nitrogens with zero attached hydrogens (tertiary/aromatic N) is 2. The fourth-order valence-electron chi connectivity index (χ4n) is 1.98. The molecule has 0 saturated heterocycles. The van der Waals surface area contributed by atoms with Gasteiger partial charge in [-0.1, -0.05) is 19.8 Å². The molecule has 1 rings (SSSR count). The van der Waals surface area contributed by atoms with E-state index in [0.29, 0.717) is 11.8 Å². The van der Waals surface area contributed by atoms with E-state index in [2.05, 4.69) is 24.8 Å². The highest BCUT2D eigenvalue weighted by atomic mass is 16.2. The second-order valence-electron chi connectivity index (χ2n) is 4.44. The van der Waals surface area contributed by atoms with Crippen LogP contribution in [0.2, 0.25) is 0 Å². The summed E-state index contributed by atoms with van der Waals surface area (Å²) in [5, 5.41) is 0. The molecule has 1 aliphatic rings. The zero-order chi connectivity index (χ0) is 11.6. The molecule has 0 bridgehead atoms. The molecule has 82 valence electrons. The average molecular weight is 207 g/mol. The number of terminal acetylenes is 1. The predicted octanol–water partition coefficient (Wildman–Crippen LogP) is 1.22. The standard InChI is InChI=1S/C11H17N3O/c1-5-6-14-10(15)13-9(12)11(14,4)7-8(2)3/h1,8H,6-7H2,2-4H3,(H2,12,13,15). The van der Waals surface area contributed by atoms with E-state index in [1.54, 1.807) is 4.90 Å². The molecule has 2 amide bonds. The summed E-state index contributed by atoms with van der Waals surface area (Å²) >= 11 is 0. The second-order valence-corrected chi connectivity index (χ2v) is 4.44. The van der Waals surface area contributed by atoms with Crippen molar-refractivity contribution < 1.29 is 4.79 Å². The lowest BCUT2D eigenvalue weighted by molar-refractivity contribution is 0.177. The number of amidine groups is 1. The van der Waals surface area contributed by atoms with Gasteiger partial charge >= 0.3 is 6.03 Å². The van der Waals surface area contributed by atoms with Crippen molar-refractivity contribution >= 4 is 11.9 Å². The summed E-state index contributed by atoms with van der Waals surface area (Å²) in [6.45, 7) is 6.32. The molecule has 1 heterocycles. The van der Waals surface area contributed by atoms with Crippen LogP contribution < -0.4 is 5.73 Å². The maximum Gasteiger partial charge on any atom is 0.346 e. The average Bonchev–Trinajstić information content (AvgIpc) is 2.29. The molecule has 4 heteroatoms. The number of urea groups is 1. The zero-order valence-electron chi connectivity index (χ0n) is 9.45. The lowest BCUT2D eigenvalue weighted by Gasteiger charge is -2.34. The number of hydrogen-bond acceptors (Lipinski definition) is 2. The fourth-order valence-corrected chi connectivity index (χ4v) is 1.98. The Labute approximate surface area is 90.5 Å². The molecule has 0 spiro atoms. The first-order valence-corrected chi connectivity index (χ1v) is 5.01. The number of amides is 2. The van der Waals surface area contributed by atoms with E-state index >= 15 is 0 Å². The first kappa shape index (κ1) is 11.6. The van der Waals surface area contributed by atoms with E-state index in [0.717, 1.165) is 6.42 Å². The summed E-state index contributed by atoms with van der Waals surface area (Å²) in [4.78, 5) is 16.9. The van der Waals surface area contributed by atoms with Gasteiger partial charge in [0.15, 0.2) is 0 Å². The van der Waals surface area contributed by atoms with Crippen molar-refractivity contribution in [1.82, 2.24) is 4.90 Å². The van der Waals surface area contributed by atoms with Gasteiger partial charge in [0.05, 0.1) is 6.54 Å². The van der Waals surface area contributed by atoms with Gasteiger partial charge in [0.2, 0.25) is 0 Å². The molecule has 2 N–H and O–H groups in total. The summed E-state index contributed by atoms with van der Waals surface area (Å²) in [6, 6.07) is -0.325. The van der Waals surface area contributed by atoms with Gasteiger partial charge in [-0.25, -0.2) is 4.79 Å². The molecule has 1 atom stereocenters. The Morgan fingerprint density at radius 3 is 2.73 bits per heavy atom. The van der Waals surface area contributed by atoms with Crippen molar-refractivity contribution in [3.8, 4) is 12.3 Å². The van der Waals surface area contributed by atoms with E-state index in [1.807, 2.05) is 6.92 Å². The van der Waals surface area contributed by atoms with Crippen LogP contribution in [-0.4, -0.2) is 28.9 Å². The van der Waals surface area contributed by atoms with Crippen molar-refractivity contribution in [3.63, 3.8) is 0 Å². The molecular weight excluding hydrogens is 190 g/mol. The highest BCUT2D eigenvalue weighted by molar-refractivity contribution is 6.05. The Kier molecular flexibility index (Phi) is 3.04. The van der Waals surface area contributed by atoms with Crippen molar-refractivity contribution in [3.05, 3.63) is 0 Å². The number of hydrogen-bond donors (Lipinski definition) is 1. The van der Waals surface area contributed by atoms with Gasteiger partial charge in [-0.2, -0.15) is 4.99 Å². The fraction of sp³-hybridized carbons (Fsp3) is 0.636. The van der Waals surface area contributed by atoms with E-state index < -0.39 is 5.54 Å². The van der Waals surface area contributed by atoms with Crippen molar-refractivity contribution in [2.24, 2.45) is 16.6 Å². The number of aliphatic imine (C=N–C) groups is 1. The monoisotopic (exact) mass is 207 g/mol. The maximum absolute atomic E-state index is 11.5. The molecule has 0 aromatic carbocycles. The van der Waals surface area contributed by atoms with Crippen LogP contribution in [0.15, 0.2) is 4.99 Å². The molecule has 1 aliphatic heterocycles. The van der Waals surface area contributed by atoms with Gasteiger partial charge in [-0.05, 0) is 19.3 Å². The lowest BCUT2D eigenvalue weighted by atomic mass is 9.89. The van der Waals surface area contributed by atoms with E-state index in [4.69, 9.17) is 12.2 Å². The van der Waals surface area contributed by atoms with Crippen LogP contribution in [0.3, 0.4) is 0 Å². The third-order valence-electron chi connectivity index (χ3n) is 2.65. The van der Waals surface area contributed by atoms with Crippen LogP contribution in [-0.2, 0) is 0 Å². The Balaban J connectivity index is 2.97. The molecule has 0 saturated carbocycles. The maximum atomic E-state index is 11.5. The summed E-state index contributed by atoms with van der Waals surface area (Å²) < 4.78 is 0. The molecule has 4 nitrogen and oxygen atoms in total. The summed E-state index contributed by atoms with van der Waals surface area (Å²) in [7, 11) is 0. The van der Waals surface area contributed by atoms with Crippen LogP contribution >= 0.6 is 0 Å². The van der Waals surface area contributed by atoms with E-state index in [-0.39, 0.29) is 12.6 Å². The molecular formula is C11H17N3O. The molecule has 0 fully saturated rings. The van der Waals surface area contributed by atoms with E-state index in [1.165, 1.54) is 0 Å². The number of carbonyl (C=O) groups excluding carboxylic acids is 1. The van der Waals surface area contributed by atoms with E-state index in [9.17, 15) is 4.79 Å². The Bertz CT molecular complexity index is 340. The third-order valence-corrected chi connectivity index (χ3v) is 2.65. The van der Waals surface area contributed by atoms with Gasteiger partial charge in [-0.15, -0.1) is 6.42 Å². The Morgan fingerprint density at radius 2 is 2.27 bits per heavy atom. The third kappa shape index (κ3) is 1.96. The zero-order valence-corrected chi connectivity index (χ0v) is 9.45. The first-order chi connectivity index (χ1) is 6.91. The summed E-state index contributed by atoms with van der Waals surface area (Å²) in [5.41, 5.74) is 5.28. The SMILES string of the molecule is C#CCN1C(=O)N=C(N)C1(C)CC(C)C. The van der Waals surface area contributed by atoms with Crippen LogP contribution in [0.25, 0.3) is 0 Å². The van der Waals surface area contributed by atoms with Crippen molar-refractivity contribution in [1.29, 1.82) is 0 Å². The molecule has 0 radical (unpaired) electrons. The van der Waals surface area contributed by atoms with Gasteiger partial charge in [0, 0.05) is 0 Å². The molecule has 0 aliphatic carbocycles. The Hall–Kier alpha value is -1.50. The minimum Gasteiger partial charge on any atom is -0.385 e. The minimum atomic E-state index is -0.516. The van der Waals surface area contributed by atoms with Crippen molar-refractivity contribution in [2.75, 3.05) is 6.54 Å². The van der Waals surface area contributed by atoms with Crippen molar-refractivity contribution in [2.45, 2.75) is 32.7 Å². The predicted molar refractivity (Wildman–Crippen MR) is 60.4 cm³/mol. The van der Waals surface area contributed by atoms with Gasteiger partial charge in [0.25, 0.3) is 0 Å². The lowest BCUT2D eigenvalue weighted by Crippen LogP contribution is -2.52. The smallest absolute Gasteiger partial charge is 0.346 e. The highest BCUT2D eigenvalue weighted by Gasteiger charge is 2.44. The van der Waals surface area contributed by atoms with Crippen LogP contribution in [0.5, 0.6) is 0 Å². The number of rotatable bonds is 3. The highest BCUT2D eigenvalue weighted by Crippen LogP contribution is 2.29. The summed E-state index contributed by atoms with van der Waals surface area (Å²) in [5.74, 6) is 3.26. The number of carbonyl (C=O) groups is 1. The van der Waals surface area contributed by atoms with Gasteiger partial charge in [-0.3, -0.25) is 4.90 Å². The molecule has 1 unspecified atom stereocenters. The summed E-state index contributed by atoms with van der Waals surface area (Å²) in [6.07, 6.45) is 6.01. The largest absolute Gasteiger partial charge is 0.385 e. The van der Waals surface area contributed by atoms with Crippen LogP contribution in [0.1, 0.15) is 27.2 Å². The molecule has 0 aromatic rings. The number of nitrogens with two attached hydrogens (primary N) is 1. The normalized spacial score (nSPS) is 25.7. The van der Waals surface area contributed by atoms with Crippen LogP contribution in [0, 0.1) is 18.3 Å². The van der Waals surface area contributed by atoms with Crippen LogP contribution in [0.4, 0.5) is 4.79 Å². The molecule has 0 aromatic heterocycles. The topological polar surface area (TPSA) is 58.7 Å². The van der Waals surface area contributed by atoms with Gasteiger partial charge in [0.1, 0.15) is 11.4 Å². The van der Waals surface area contributed by atoms with Gasteiger partial charge < -0.3 is 5.73 Å². The minimum absolute atomic E-state index is 0.256. The second kappa shape index (κ2) is 3.93. The Morgan fingerprint density at radius 1 is 1.67 bits per heavy atom. The quantitative estimate of drug-likeness (QED) is 0.707.